The van der Waals surface area contributed by atoms with Crippen molar-refractivity contribution in [2.24, 2.45) is 10.9 Å². The van der Waals surface area contributed by atoms with Crippen LogP contribution in [0.2, 0.25) is 0 Å². The lowest BCUT2D eigenvalue weighted by Gasteiger charge is -2.38. The van der Waals surface area contributed by atoms with Crippen LogP contribution in [0.5, 0.6) is 11.5 Å². The summed E-state index contributed by atoms with van der Waals surface area (Å²) in [7, 11) is 1.81. The van der Waals surface area contributed by atoms with E-state index in [1.165, 1.54) is 5.56 Å². The molecule has 1 aromatic rings. The van der Waals surface area contributed by atoms with Crippen LogP contribution < -0.4 is 20.1 Å². The number of nitrogens with one attached hydrogen (secondary N) is 2. The Hall–Kier alpha value is -1.26. The Labute approximate surface area is 197 Å². The Kier molecular flexibility index (Phi) is 10.5. The first-order chi connectivity index (χ1) is 14.1. The second-order valence-corrected chi connectivity index (χ2v) is 8.14. The third kappa shape index (κ3) is 6.88. The number of nitrogens with zero attached hydrogens (tertiary/aromatic N) is 1. The van der Waals surface area contributed by atoms with Crippen LogP contribution in [0.1, 0.15) is 38.7 Å². The third-order valence-electron chi connectivity index (χ3n) is 5.46. The molecule has 1 fully saturated rings. The molecule has 0 aromatic heterocycles. The Morgan fingerprint density at radius 3 is 2.67 bits per heavy atom. The van der Waals surface area contributed by atoms with Crippen LogP contribution in [0.25, 0.3) is 0 Å². The molecule has 1 aromatic carbocycles. The van der Waals surface area contributed by atoms with Crippen LogP contribution in [0.3, 0.4) is 0 Å². The van der Waals surface area contributed by atoms with Crippen LogP contribution in [0.15, 0.2) is 23.2 Å². The highest BCUT2D eigenvalue weighted by Gasteiger charge is 2.35. The van der Waals surface area contributed by atoms with Crippen molar-refractivity contribution >= 4 is 29.9 Å². The van der Waals surface area contributed by atoms with Crippen LogP contribution in [0.4, 0.5) is 0 Å². The Morgan fingerprint density at radius 1 is 1.17 bits per heavy atom. The summed E-state index contributed by atoms with van der Waals surface area (Å²) in [6, 6.07) is 6.29. The maximum Gasteiger partial charge on any atom is 0.231 e. The molecular weight excluding hydrogens is 497 g/mol. The zero-order valence-electron chi connectivity index (χ0n) is 18.4. The van der Waals surface area contributed by atoms with Gasteiger partial charge in [0.25, 0.3) is 0 Å². The minimum Gasteiger partial charge on any atom is -0.454 e. The minimum absolute atomic E-state index is 0. The molecule has 30 heavy (non-hydrogen) atoms. The molecule has 0 saturated carbocycles. The summed E-state index contributed by atoms with van der Waals surface area (Å²) in [6.45, 7) is 9.34. The standard InChI is InChI=1S/C22H35N3O4.HI/c1-17(2)14-27-10-4-9-24-21(23-3)25-15-22(7-11-26-12-8-22)18-5-6-19-20(13-18)29-16-28-19;/h5-6,13,17H,4,7-12,14-16H2,1-3H3,(H2,23,24,25);1H. The second kappa shape index (κ2) is 12.6. The summed E-state index contributed by atoms with van der Waals surface area (Å²) in [5, 5.41) is 6.92. The van der Waals surface area contributed by atoms with E-state index >= 15 is 0 Å². The van der Waals surface area contributed by atoms with Crippen LogP contribution in [0, 0.1) is 5.92 Å². The van der Waals surface area contributed by atoms with Gasteiger partial charge in [-0.3, -0.25) is 4.99 Å². The third-order valence-corrected chi connectivity index (χ3v) is 5.46. The molecule has 0 atom stereocenters. The van der Waals surface area contributed by atoms with Gasteiger partial charge in [-0.2, -0.15) is 0 Å². The van der Waals surface area contributed by atoms with Gasteiger partial charge in [-0.15, -0.1) is 24.0 Å². The van der Waals surface area contributed by atoms with E-state index in [-0.39, 0.29) is 29.4 Å². The van der Waals surface area contributed by atoms with E-state index < -0.39 is 0 Å². The first-order valence-electron chi connectivity index (χ1n) is 10.6. The summed E-state index contributed by atoms with van der Waals surface area (Å²) in [6.07, 6.45) is 2.87. The van der Waals surface area contributed by atoms with E-state index in [0.717, 1.165) is 76.2 Å². The van der Waals surface area contributed by atoms with E-state index in [4.69, 9.17) is 18.9 Å². The molecule has 1 saturated heterocycles. The summed E-state index contributed by atoms with van der Waals surface area (Å²) in [5.41, 5.74) is 1.24. The van der Waals surface area contributed by atoms with E-state index in [0.29, 0.717) is 12.7 Å². The number of ether oxygens (including phenoxy) is 4. The van der Waals surface area contributed by atoms with E-state index in [9.17, 15) is 0 Å². The fourth-order valence-electron chi connectivity index (χ4n) is 3.73. The second-order valence-electron chi connectivity index (χ2n) is 8.14. The number of hydrogen-bond acceptors (Lipinski definition) is 5. The molecule has 0 aliphatic carbocycles. The van der Waals surface area contributed by atoms with Crippen molar-refractivity contribution in [2.75, 3.05) is 53.4 Å². The number of fused-ring (bicyclic) bond motifs is 1. The molecule has 0 radical (unpaired) electrons. The number of aliphatic imine (C=N–C) groups is 1. The highest BCUT2D eigenvalue weighted by atomic mass is 127. The van der Waals surface area contributed by atoms with Gasteiger partial charge in [0.15, 0.2) is 17.5 Å². The van der Waals surface area contributed by atoms with E-state index in [2.05, 4.69) is 41.6 Å². The molecule has 0 unspecified atom stereocenters. The number of hydrogen-bond donors (Lipinski definition) is 2. The van der Waals surface area contributed by atoms with Gasteiger partial charge in [0.1, 0.15) is 0 Å². The summed E-state index contributed by atoms with van der Waals surface area (Å²) in [5.74, 6) is 3.04. The quantitative estimate of drug-likeness (QED) is 0.220. The van der Waals surface area contributed by atoms with Gasteiger partial charge in [-0.1, -0.05) is 19.9 Å². The van der Waals surface area contributed by atoms with Gasteiger partial charge in [0.05, 0.1) is 0 Å². The monoisotopic (exact) mass is 533 g/mol. The number of benzene rings is 1. The first-order valence-corrected chi connectivity index (χ1v) is 10.6. The van der Waals surface area contributed by atoms with Gasteiger partial charge < -0.3 is 29.6 Å². The highest BCUT2D eigenvalue weighted by Crippen LogP contribution is 2.40. The summed E-state index contributed by atoms with van der Waals surface area (Å²) < 4.78 is 22.4. The molecule has 8 heteroatoms. The smallest absolute Gasteiger partial charge is 0.231 e. The normalized spacial score (nSPS) is 17.5. The van der Waals surface area contributed by atoms with Gasteiger partial charge in [0, 0.05) is 52.0 Å². The molecule has 0 amide bonds. The van der Waals surface area contributed by atoms with Crippen molar-refractivity contribution in [1.82, 2.24) is 10.6 Å². The van der Waals surface area contributed by atoms with Gasteiger partial charge in [-0.25, -0.2) is 0 Å². The van der Waals surface area contributed by atoms with E-state index in [1.54, 1.807) is 0 Å². The molecule has 170 valence electrons. The highest BCUT2D eigenvalue weighted by molar-refractivity contribution is 14.0. The Bertz CT molecular complexity index is 678. The number of halogens is 1. The van der Waals surface area contributed by atoms with Gasteiger partial charge in [-0.05, 0) is 42.9 Å². The maximum absolute atomic E-state index is 5.65. The lowest BCUT2D eigenvalue weighted by atomic mass is 9.74. The molecule has 0 bridgehead atoms. The molecule has 2 N–H and O–H groups in total. The largest absolute Gasteiger partial charge is 0.454 e. The van der Waals surface area contributed by atoms with Crippen molar-refractivity contribution in [3.8, 4) is 11.5 Å². The van der Waals surface area contributed by atoms with Crippen LogP contribution >= 0.6 is 24.0 Å². The summed E-state index contributed by atoms with van der Waals surface area (Å²) in [4.78, 5) is 4.38. The van der Waals surface area contributed by atoms with Crippen molar-refractivity contribution in [3.63, 3.8) is 0 Å². The van der Waals surface area contributed by atoms with E-state index in [1.807, 2.05) is 13.1 Å². The predicted octanol–water partition coefficient (Wildman–Crippen LogP) is 3.31. The fourth-order valence-corrected chi connectivity index (χ4v) is 3.73. The predicted molar refractivity (Wildman–Crippen MR) is 129 cm³/mol. The number of rotatable bonds is 9. The van der Waals surface area contributed by atoms with Crippen molar-refractivity contribution < 1.29 is 18.9 Å². The summed E-state index contributed by atoms with van der Waals surface area (Å²) >= 11 is 0. The average Bonchev–Trinajstić information content (AvgIpc) is 3.21. The Balaban J connectivity index is 0.00000320. The SMILES string of the molecule is CN=C(NCCCOCC(C)C)NCC1(c2ccc3c(c2)OCO3)CCOCC1.I. The fraction of sp³-hybridized carbons (Fsp3) is 0.682. The molecule has 7 nitrogen and oxygen atoms in total. The van der Waals surface area contributed by atoms with Crippen LogP contribution in [-0.2, 0) is 14.9 Å². The zero-order chi connectivity index (χ0) is 20.5. The zero-order valence-corrected chi connectivity index (χ0v) is 20.7. The molecular formula is C22H36IN3O4. The lowest BCUT2D eigenvalue weighted by molar-refractivity contribution is 0.0513. The van der Waals surface area contributed by atoms with Crippen molar-refractivity contribution in [1.29, 1.82) is 0 Å². The van der Waals surface area contributed by atoms with Crippen molar-refractivity contribution in [2.45, 2.75) is 38.5 Å². The maximum atomic E-state index is 5.65. The molecule has 2 aliphatic rings. The lowest BCUT2D eigenvalue weighted by Crippen LogP contribution is -2.48. The van der Waals surface area contributed by atoms with Crippen molar-refractivity contribution in [3.05, 3.63) is 23.8 Å². The minimum atomic E-state index is -0.0166. The molecule has 2 heterocycles. The molecule has 3 rings (SSSR count). The Morgan fingerprint density at radius 2 is 1.93 bits per heavy atom. The number of guanidine groups is 1. The van der Waals surface area contributed by atoms with Crippen LogP contribution in [-0.4, -0.2) is 59.3 Å². The van der Waals surface area contributed by atoms with Gasteiger partial charge >= 0.3 is 0 Å². The topological polar surface area (TPSA) is 73.3 Å². The molecule has 2 aliphatic heterocycles. The van der Waals surface area contributed by atoms with Gasteiger partial charge in [0.2, 0.25) is 6.79 Å². The average molecular weight is 533 g/mol. The first kappa shape index (κ1) is 25.0. The molecule has 0 spiro atoms.